The van der Waals surface area contributed by atoms with Gasteiger partial charge in [-0.2, -0.15) is 0 Å². The van der Waals surface area contributed by atoms with Crippen molar-refractivity contribution >= 4 is 23.2 Å². The Morgan fingerprint density at radius 2 is 2.38 bits per heavy atom. The molecule has 74 valence electrons. The highest BCUT2D eigenvalue weighted by Gasteiger charge is 2.23. The average Bonchev–Trinajstić information content (AvgIpc) is 2.02. The van der Waals surface area contributed by atoms with Gasteiger partial charge in [0.25, 0.3) is 0 Å². The summed E-state index contributed by atoms with van der Waals surface area (Å²) in [6.07, 6.45) is 5.09. The minimum absolute atomic E-state index is 0.00729. The minimum atomic E-state index is -0.518. The molecule has 13 heavy (non-hydrogen) atoms. The van der Waals surface area contributed by atoms with E-state index in [0.29, 0.717) is 5.03 Å². The molecule has 0 spiro atoms. The number of alkyl halides is 1. The molecule has 0 bridgehead atoms. The van der Waals surface area contributed by atoms with E-state index in [9.17, 15) is 0 Å². The van der Waals surface area contributed by atoms with E-state index in [4.69, 9.17) is 33.0 Å². The van der Waals surface area contributed by atoms with E-state index >= 15 is 0 Å². The van der Waals surface area contributed by atoms with Gasteiger partial charge in [0.2, 0.25) is 0 Å². The van der Waals surface area contributed by atoms with Crippen molar-refractivity contribution in [1.82, 2.24) is 0 Å². The molecule has 2 nitrogen and oxygen atoms in total. The number of aliphatic hydroxyl groups is 1. The summed E-state index contributed by atoms with van der Waals surface area (Å²) in [4.78, 5) is -0.518. The first kappa shape index (κ1) is 11.1. The van der Waals surface area contributed by atoms with Crippen LogP contribution in [-0.4, -0.2) is 29.3 Å². The third-order valence-electron chi connectivity index (χ3n) is 1.68. The van der Waals surface area contributed by atoms with Crippen molar-refractivity contribution in [2.24, 2.45) is 0 Å². The van der Waals surface area contributed by atoms with E-state index in [1.165, 1.54) is 0 Å². The average molecular weight is 223 g/mol. The molecule has 1 N–H and O–H groups in total. The van der Waals surface area contributed by atoms with Gasteiger partial charge in [-0.3, -0.25) is 0 Å². The van der Waals surface area contributed by atoms with Crippen molar-refractivity contribution < 1.29 is 9.84 Å². The van der Waals surface area contributed by atoms with Crippen LogP contribution in [0.25, 0.3) is 0 Å². The van der Waals surface area contributed by atoms with Crippen LogP contribution in [0.1, 0.15) is 6.92 Å². The van der Waals surface area contributed by atoms with Gasteiger partial charge in [-0.05, 0) is 13.0 Å². The molecule has 0 radical (unpaired) electrons. The van der Waals surface area contributed by atoms with Crippen molar-refractivity contribution in [3.63, 3.8) is 0 Å². The van der Waals surface area contributed by atoms with Gasteiger partial charge in [0, 0.05) is 5.03 Å². The van der Waals surface area contributed by atoms with Gasteiger partial charge >= 0.3 is 0 Å². The first-order chi connectivity index (χ1) is 6.05. The first-order valence-corrected chi connectivity index (χ1v) is 4.80. The molecule has 0 aromatic rings. The van der Waals surface area contributed by atoms with Crippen LogP contribution in [0.3, 0.4) is 0 Å². The Morgan fingerprint density at radius 1 is 1.69 bits per heavy atom. The zero-order valence-corrected chi connectivity index (χ0v) is 8.85. The minimum Gasteiger partial charge on any atom is -0.394 e. The largest absolute Gasteiger partial charge is 0.394 e. The molecule has 0 aromatic heterocycles. The lowest BCUT2D eigenvalue weighted by Gasteiger charge is -2.23. The van der Waals surface area contributed by atoms with Gasteiger partial charge in [0.05, 0.1) is 18.1 Å². The van der Waals surface area contributed by atoms with Gasteiger partial charge in [0.15, 0.2) is 0 Å². The normalized spacial score (nSPS) is 33.2. The molecule has 0 saturated carbocycles. The maximum absolute atomic E-state index is 8.55. The lowest BCUT2D eigenvalue weighted by molar-refractivity contribution is 0.0745. The molecule has 0 aromatic carbocycles. The fraction of sp³-hybridized carbons (Fsp3) is 0.556. The Kier molecular flexibility index (Phi) is 3.80. The van der Waals surface area contributed by atoms with Gasteiger partial charge in [-0.25, -0.2) is 0 Å². The second-order valence-corrected chi connectivity index (χ2v) is 4.31. The topological polar surface area (TPSA) is 29.5 Å². The predicted molar refractivity (Wildman–Crippen MR) is 54.2 cm³/mol. The molecule has 0 heterocycles. The van der Waals surface area contributed by atoms with Crippen molar-refractivity contribution in [2.75, 3.05) is 13.2 Å². The highest BCUT2D eigenvalue weighted by Crippen LogP contribution is 2.29. The highest BCUT2D eigenvalue weighted by atomic mass is 35.5. The highest BCUT2D eigenvalue weighted by molar-refractivity contribution is 6.33. The molecule has 0 amide bonds. The molecule has 1 rings (SSSR count). The Bertz CT molecular complexity index is 234. The van der Waals surface area contributed by atoms with Crippen molar-refractivity contribution in [3.8, 4) is 0 Å². The lowest BCUT2D eigenvalue weighted by atomic mass is 10.0. The number of halogens is 2. The second kappa shape index (κ2) is 4.47. The van der Waals surface area contributed by atoms with Crippen molar-refractivity contribution in [2.45, 2.75) is 17.9 Å². The Morgan fingerprint density at radius 3 is 2.92 bits per heavy atom. The molecule has 0 saturated heterocycles. The zero-order valence-electron chi connectivity index (χ0n) is 7.34. The quantitative estimate of drug-likeness (QED) is 0.586. The molecule has 4 heteroatoms. The first-order valence-electron chi connectivity index (χ1n) is 4.04. The standard InChI is InChI=1S/C9H12Cl2O2/c1-9(11)3-2-8(7(10)6-9)13-5-4-12/h2-3,6,8,12H,4-5H2,1H3. The summed E-state index contributed by atoms with van der Waals surface area (Å²) in [6, 6.07) is 0. The summed E-state index contributed by atoms with van der Waals surface area (Å²) in [6.45, 7) is 2.11. The lowest BCUT2D eigenvalue weighted by Crippen LogP contribution is -2.22. The van der Waals surface area contributed by atoms with Crippen LogP contribution >= 0.6 is 23.2 Å². The summed E-state index contributed by atoms with van der Waals surface area (Å²) in [5.41, 5.74) is 0. The fourth-order valence-electron chi connectivity index (χ4n) is 1.08. The van der Waals surface area contributed by atoms with Gasteiger partial charge in [0.1, 0.15) is 6.10 Å². The van der Waals surface area contributed by atoms with Gasteiger partial charge < -0.3 is 9.84 Å². The second-order valence-electron chi connectivity index (χ2n) is 3.05. The molecular formula is C9H12Cl2O2. The van der Waals surface area contributed by atoms with Crippen LogP contribution in [-0.2, 0) is 4.74 Å². The van der Waals surface area contributed by atoms with E-state index in [2.05, 4.69) is 0 Å². The summed E-state index contributed by atoms with van der Waals surface area (Å²) >= 11 is 11.9. The number of allylic oxidation sites excluding steroid dienone is 2. The van der Waals surface area contributed by atoms with E-state index in [-0.39, 0.29) is 19.3 Å². The molecule has 1 aliphatic carbocycles. The fourth-order valence-corrected chi connectivity index (χ4v) is 1.69. The third kappa shape index (κ3) is 3.31. The molecule has 0 aliphatic heterocycles. The molecule has 1 aliphatic rings. The number of ether oxygens (including phenoxy) is 1. The van der Waals surface area contributed by atoms with Crippen LogP contribution in [0.2, 0.25) is 0 Å². The summed E-state index contributed by atoms with van der Waals surface area (Å²) in [7, 11) is 0. The van der Waals surface area contributed by atoms with Crippen LogP contribution < -0.4 is 0 Å². The summed E-state index contributed by atoms with van der Waals surface area (Å²) in [5, 5.41) is 9.11. The maximum Gasteiger partial charge on any atom is 0.111 e. The molecule has 0 fully saturated rings. The summed E-state index contributed by atoms with van der Waals surface area (Å²) < 4.78 is 5.24. The van der Waals surface area contributed by atoms with Crippen LogP contribution in [0.15, 0.2) is 23.3 Å². The van der Waals surface area contributed by atoms with E-state index < -0.39 is 4.87 Å². The molecular weight excluding hydrogens is 211 g/mol. The third-order valence-corrected chi connectivity index (χ3v) is 2.24. The van der Waals surface area contributed by atoms with Crippen LogP contribution in [0.4, 0.5) is 0 Å². The monoisotopic (exact) mass is 222 g/mol. The van der Waals surface area contributed by atoms with Crippen LogP contribution in [0, 0.1) is 0 Å². The Labute approximate surface area is 87.8 Å². The molecule has 2 unspecified atom stereocenters. The zero-order chi connectivity index (χ0) is 9.90. The van der Waals surface area contributed by atoms with E-state index in [1.807, 2.05) is 13.0 Å². The van der Waals surface area contributed by atoms with Crippen LogP contribution in [0.5, 0.6) is 0 Å². The smallest absolute Gasteiger partial charge is 0.111 e. The summed E-state index contributed by atoms with van der Waals surface area (Å²) in [5.74, 6) is 0. The van der Waals surface area contributed by atoms with Crippen molar-refractivity contribution in [3.05, 3.63) is 23.3 Å². The van der Waals surface area contributed by atoms with E-state index in [0.717, 1.165) is 0 Å². The number of hydrogen-bond acceptors (Lipinski definition) is 2. The number of aliphatic hydroxyl groups excluding tert-OH is 1. The number of rotatable bonds is 3. The van der Waals surface area contributed by atoms with Gasteiger partial charge in [-0.1, -0.05) is 23.8 Å². The van der Waals surface area contributed by atoms with Crippen molar-refractivity contribution in [1.29, 1.82) is 0 Å². The SMILES string of the molecule is CC1(Cl)C=CC(OCCO)C(Cl)=C1. The Hall–Kier alpha value is -0.0200. The van der Waals surface area contributed by atoms with Gasteiger partial charge in [-0.15, -0.1) is 11.6 Å². The Balaban J connectivity index is 2.58. The molecule has 2 atom stereocenters. The van der Waals surface area contributed by atoms with E-state index in [1.54, 1.807) is 12.2 Å². The number of hydrogen-bond donors (Lipinski definition) is 1. The maximum atomic E-state index is 8.55. The predicted octanol–water partition coefficient (Wildman–Crippen LogP) is 2.05.